The first-order valence-electron chi connectivity index (χ1n) is 9.05. The van der Waals surface area contributed by atoms with Crippen molar-refractivity contribution >= 4 is 17.3 Å². The van der Waals surface area contributed by atoms with E-state index in [1.54, 1.807) is 13.8 Å². The van der Waals surface area contributed by atoms with Gasteiger partial charge in [0.15, 0.2) is 0 Å². The van der Waals surface area contributed by atoms with E-state index >= 15 is 0 Å². The van der Waals surface area contributed by atoms with Crippen molar-refractivity contribution in [2.24, 2.45) is 0 Å². The van der Waals surface area contributed by atoms with E-state index in [2.05, 4.69) is 50.4 Å². The van der Waals surface area contributed by atoms with Crippen molar-refractivity contribution in [1.29, 1.82) is 0 Å². The van der Waals surface area contributed by atoms with Crippen molar-refractivity contribution in [1.82, 2.24) is 5.06 Å². The van der Waals surface area contributed by atoms with Crippen LogP contribution in [-0.4, -0.2) is 28.9 Å². The zero-order valence-corrected chi connectivity index (χ0v) is 17.0. The maximum atomic E-state index is 12.1. The molecule has 0 radical (unpaired) electrons. The number of hydroxylamine groups is 2. The molecule has 0 aliphatic carbocycles. The summed E-state index contributed by atoms with van der Waals surface area (Å²) in [5.74, 6) is -0.480. The molecule has 2 rings (SSSR count). The molecule has 27 heavy (non-hydrogen) atoms. The van der Waals surface area contributed by atoms with Gasteiger partial charge < -0.3 is 10.1 Å². The van der Waals surface area contributed by atoms with E-state index in [0.717, 1.165) is 16.9 Å². The summed E-state index contributed by atoms with van der Waals surface area (Å²) in [6.45, 7) is 9.92. The fraction of sp³-hybridized carbons (Fsp3) is 0.409. The van der Waals surface area contributed by atoms with Crippen LogP contribution >= 0.6 is 0 Å². The summed E-state index contributed by atoms with van der Waals surface area (Å²) in [5, 5.41) is 14.1. The Kier molecular flexibility index (Phi) is 6.29. The van der Waals surface area contributed by atoms with Crippen LogP contribution in [0.1, 0.15) is 45.7 Å². The fourth-order valence-corrected chi connectivity index (χ4v) is 2.56. The lowest BCUT2D eigenvalue weighted by Gasteiger charge is -2.26. The van der Waals surface area contributed by atoms with Crippen LogP contribution in [0.5, 0.6) is 0 Å². The number of benzene rings is 2. The molecule has 0 aliphatic heterocycles. The molecule has 1 amide bonds. The van der Waals surface area contributed by atoms with Crippen molar-refractivity contribution in [3.63, 3.8) is 0 Å². The van der Waals surface area contributed by atoms with Gasteiger partial charge in [-0.2, -0.15) is 0 Å². The fourth-order valence-electron chi connectivity index (χ4n) is 2.56. The van der Waals surface area contributed by atoms with Crippen LogP contribution in [0.2, 0.25) is 0 Å². The molecule has 0 saturated heterocycles. The van der Waals surface area contributed by atoms with E-state index < -0.39 is 11.5 Å². The third-order valence-electron chi connectivity index (χ3n) is 4.59. The van der Waals surface area contributed by atoms with Crippen LogP contribution < -0.4 is 5.32 Å². The summed E-state index contributed by atoms with van der Waals surface area (Å²) < 4.78 is 5.11. The predicted molar refractivity (Wildman–Crippen MR) is 108 cm³/mol. The lowest BCUT2D eigenvalue weighted by molar-refractivity contribution is -0.187. The van der Waals surface area contributed by atoms with E-state index in [1.165, 1.54) is 12.7 Å². The van der Waals surface area contributed by atoms with Gasteiger partial charge in [0.1, 0.15) is 5.60 Å². The summed E-state index contributed by atoms with van der Waals surface area (Å²) in [5.41, 5.74) is 3.13. The Morgan fingerprint density at radius 2 is 1.44 bits per heavy atom. The second kappa shape index (κ2) is 8.11. The zero-order chi connectivity index (χ0) is 20.2. The van der Waals surface area contributed by atoms with Gasteiger partial charge in [0.05, 0.1) is 6.54 Å². The second-order valence-electron chi connectivity index (χ2n) is 8.23. The van der Waals surface area contributed by atoms with Crippen molar-refractivity contribution in [3.05, 3.63) is 59.7 Å². The third-order valence-corrected chi connectivity index (χ3v) is 4.59. The van der Waals surface area contributed by atoms with E-state index in [0.29, 0.717) is 5.06 Å². The van der Waals surface area contributed by atoms with Gasteiger partial charge in [0.2, 0.25) is 0 Å². The standard InChI is InChI=1S/C22H30N2O3/c1-21(2,3)17-9-13-19(14-10-17)23-18-11-7-16(8-12-18)15-24(26)20(25)22(4,5)27-6/h7-14,23,26H,15H2,1-6H3. The number of hydrogen-bond acceptors (Lipinski definition) is 4. The maximum Gasteiger partial charge on any atom is 0.277 e. The summed E-state index contributed by atoms with van der Waals surface area (Å²) in [7, 11) is 1.44. The molecule has 0 saturated carbocycles. The number of methoxy groups -OCH3 is 1. The molecule has 0 atom stereocenters. The number of amides is 1. The Labute approximate surface area is 161 Å². The molecule has 0 fully saturated rings. The van der Waals surface area contributed by atoms with Crippen LogP contribution in [0.3, 0.4) is 0 Å². The summed E-state index contributed by atoms with van der Waals surface area (Å²) in [6, 6.07) is 16.0. The third kappa shape index (κ3) is 5.55. The summed E-state index contributed by atoms with van der Waals surface area (Å²) in [6.07, 6.45) is 0. The highest BCUT2D eigenvalue weighted by Gasteiger charge is 2.31. The van der Waals surface area contributed by atoms with E-state index in [-0.39, 0.29) is 12.0 Å². The molecular weight excluding hydrogens is 340 g/mol. The number of rotatable bonds is 6. The maximum absolute atomic E-state index is 12.1. The normalized spacial score (nSPS) is 12.0. The van der Waals surface area contributed by atoms with Crippen LogP contribution in [0.25, 0.3) is 0 Å². The van der Waals surface area contributed by atoms with Crippen LogP contribution in [-0.2, 0) is 21.5 Å². The first-order chi connectivity index (χ1) is 12.5. The second-order valence-corrected chi connectivity index (χ2v) is 8.23. The molecule has 2 aromatic rings. The predicted octanol–water partition coefficient (Wildman–Crippen LogP) is 4.87. The number of nitrogens with one attached hydrogen (secondary N) is 1. The number of nitrogens with zero attached hydrogens (tertiary/aromatic N) is 1. The van der Waals surface area contributed by atoms with Gasteiger partial charge in [0, 0.05) is 18.5 Å². The molecular formula is C22H30N2O3. The first kappa shape index (κ1) is 20.9. The molecule has 2 N–H and O–H groups in total. The topological polar surface area (TPSA) is 61.8 Å². The molecule has 0 heterocycles. The van der Waals surface area contributed by atoms with Gasteiger partial charge in [-0.1, -0.05) is 45.0 Å². The van der Waals surface area contributed by atoms with Gasteiger partial charge >= 0.3 is 0 Å². The largest absolute Gasteiger partial charge is 0.369 e. The Morgan fingerprint density at radius 1 is 0.963 bits per heavy atom. The number of carbonyl (C=O) groups is 1. The molecule has 0 spiro atoms. The Bertz CT molecular complexity index is 760. The molecule has 0 aliphatic rings. The Balaban J connectivity index is 2.00. The molecule has 0 aromatic heterocycles. The highest BCUT2D eigenvalue weighted by molar-refractivity contribution is 5.83. The Hall–Kier alpha value is -2.37. The molecule has 0 unspecified atom stereocenters. The quantitative estimate of drug-likeness (QED) is 0.562. The number of anilines is 2. The van der Waals surface area contributed by atoms with Crippen LogP contribution in [0.15, 0.2) is 48.5 Å². The smallest absolute Gasteiger partial charge is 0.277 e. The van der Waals surface area contributed by atoms with E-state index in [9.17, 15) is 10.0 Å². The van der Waals surface area contributed by atoms with Gasteiger partial charge in [-0.15, -0.1) is 0 Å². The van der Waals surface area contributed by atoms with Crippen molar-refractivity contribution in [2.45, 2.75) is 52.2 Å². The lowest BCUT2D eigenvalue weighted by atomic mass is 9.87. The molecule has 146 valence electrons. The highest BCUT2D eigenvalue weighted by atomic mass is 16.5. The van der Waals surface area contributed by atoms with Crippen molar-refractivity contribution < 1.29 is 14.7 Å². The van der Waals surface area contributed by atoms with E-state index in [4.69, 9.17) is 4.74 Å². The number of carbonyl (C=O) groups excluding carboxylic acids is 1. The van der Waals surface area contributed by atoms with Gasteiger partial charge in [-0.3, -0.25) is 10.0 Å². The Morgan fingerprint density at radius 3 is 1.89 bits per heavy atom. The average molecular weight is 370 g/mol. The molecule has 0 bridgehead atoms. The van der Waals surface area contributed by atoms with E-state index in [1.807, 2.05) is 24.3 Å². The van der Waals surface area contributed by atoms with Crippen molar-refractivity contribution in [2.75, 3.05) is 12.4 Å². The monoisotopic (exact) mass is 370 g/mol. The molecule has 5 nitrogen and oxygen atoms in total. The zero-order valence-electron chi connectivity index (χ0n) is 17.0. The SMILES string of the molecule is COC(C)(C)C(=O)N(O)Cc1ccc(Nc2ccc(C(C)(C)C)cc2)cc1. The number of hydrogen-bond donors (Lipinski definition) is 2. The first-order valence-corrected chi connectivity index (χ1v) is 9.05. The van der Waals surface area contributed by atoms with Crippen LogP contribution in [0.4, 0.5) is 11.4 Å². The number of ether oxygens (including phenoxy) is 1. The molecule has 2 aromatic carbocycles. The molecule has 5 heteroatoms. The minimum Gasteiger partial charge on any atom is -0.369 e. The lowest BCUT2D eigenvalue weighted by Crippen LogP contribution is -2.44. The average Bonchev–Trinajstić information content (AvgIpc) is 2.62. The highest BCUT2D eigenvalue weighted by Crippen LogP contribution is 2.25. The minimum atomic E-state index is -1.06. The summed E-state index contributed by atoms with van der Waals surface area (Å²) in [4.78, 5) is 12.1. The van der Waals surface area contributed by atoms with Gasteiger partial charge in [0.25, 0.3) is 5.91 Å². The van der Waals surface area contributed by atoms with Gasteiger partial charge in [-0.25, -0.2) is 5.06 Å². The van der Waals surface area contributed by atoms with Crippen LogP contribution in [0, 0.1) is 0 Å². The minimum absolute atomic E-state index is 0.103. The summed E-state index contributed by atoms with van der Waals surface area (Å²) >= 11 is 0. The van der Waals surface area contributed by atoms with Crippen molar-refractivity contribution in [3.8, 4) is 0 Å². The van der Waals surface area contributed by atoms with Gasteiger partial charge in [-0.05, 0) is 54.7 Å².